The number of rotatable bonds is 8. The molecule has 10 heteroatoms. The van der Waals surface area contributed by atoms with Crippen molar-refractivity contribution < 1.29 is 27.5 Å². The third-order valence-corrected chi connectivity index (χ3v) is 7.78. The van der Waals surface area contributed by atoms with Crippen LogP contribution in [-0.4, -0.2) is 74.6 Å². The number of sulfone groups is 1. The van der Waals surface area contributed by atoms with Crippen LogP contribution in [0, 0.1) is 6.92 Å². The molecule has 1 saturated heterocycles. The van der Waals surface area contributed by atoms with E-state index in [4.69, 9.17) is 4.74 Å². The summed E-state index contributed by atoms with van der Waals surface area (Å²) in [6.45, 7) is 4.75. The van der Waals surface area contributed by atoms with E-state index in [9.17, 15) is 22.8 Å². The first kappa shape index (κ1) is 26.2. The average molecular weight is 502 g/mol. The fourth-order valence-corrected chi connectivity index (χ4v) is 5.26. The molecule has 0 aliphatic carbocycles. The molecule has 35 heavy (non-hydrogen) atoms. The molecule has 1 unspecified atom stereocenters. The summed E-state index contributed by atoms with van der Waals surface area (Å²) in [5, 5.41) is 0.628. The van der Waals surface area contributed by atoms with Crippen molar-refractivity contribution in [3.05, 3.63) is 59.7 Å². The molecule has 1 N–H and O–H groups in total. The molecular formula is C25H31N3O6S. The van der Waals surface area contributed by atoms with E-state index in [0.717, 1.165) is 12.0 Å². The summed E-state index contributed by atoms with van der Waals surface area (Å²) in [6.07, 6.45) is 1.16. The minimum Gasteiger partial charge on any atom is -0.497 e. The van der Waals surface area contributed by atoms with Gasteiger partial charge in [0.2, 0.25) is 21.1 Å². The van der Waals surface area contributed by atoms with E-state index in [-0.39, 0.29) is 29.5 Å². The number of carbonyl (C=O) groups excluding carboxylic acids is 3. The molecule has 0 bridgehead atoms. The van der Waals surface area contributed by atoms with E-state index in [1.165, 1.54) is 36.3 Å². The second kappa shape index (κ2) is 11.4. The predicted molar refractivity (Wildman–Crippen MR) is 131 cm³/mol. The maximum atomic E-state index is 13.5. The first-order valence-corrected chi connectivity index (χ1v) is 13.0. The number of methoxy groups -OCH3 is 1. The molecule has 2 aromatic carbocycles. The lowest BCUT2D eigenvalue weighted by Gasteiger charge is -2.36. The Balaban J connectivity index is 1.86. The minimum atomic E-state index is -4.25. The van der Waals surface area contributed by atoms with Crippen molar-refractivity contribution in [2.24, 2.45) is 0 Å². The highest BCUT2D eigenvalue weighted by Crippen LogP contribution is 2.20. The van der Waals surface area contributed by atoms with E-state index < -0.39 is 27.0 Å². The van der Waals surface area contributed by atoms with Gasteiger partial charge in [-0.25, -0.2) is 8.42 Å². The molecule has 1 atom stereocenters. The monoisotopic (exact) mass is 501 g/mol. The number of hydrogen-bond donors (Lipinski definition) is 1. The van der Waals surface area contributed by atoms with Crippen molar-refractivity contribution in [1.82, 2.24) is 15.1 Å². The van der Waals surface area contributed by atoms with Crippen LogP contribution < -0.4 is 10.1 Å². The Morgan fingerprint density at radius 2 is 1.51 bits per heavy atom. The molecule has 0 saturated carbocycles. The summed E-state index contributed by atoms with van der Waals surface area (Å²) in [5.74, 6) is -0.873. The van der Waals surface area contributed by atoms with Gasteiger partial charge < -0.3 is 19.9 Å². The number of hydrogen-bond acceptors (Lipinski definition) is 6. The molecular weight excluding hydrogens is 470 g/mol. The van der Waals surface area contributed by atoms with Gasteiger partial charge >= 0.3 is 0 Å². The molecule has 3 rings (SSSR count). The quantitative estimate of drug-likeness (QED) is 0.592. The van der Waals surface area contributed by atoms with Crippen LogP contribution in [0.5, 0.6) is 5.75 Å². The lowest BCUT2D eigenvalue weighted by Crippen LogP contribution is -2.57. The minimum absolute atomic E-state index is 0.0104. The van der Waals surface area contributed by atoms with Gasteiger partial charge in [-0.1, -0.05) is 24.6 Å². The van der Waals surface area contributed by atoms with Crippen LogP contribution in [0.3, 0.4) is 0 Å². The molecule has 1 aliphatic heterocycles. The third kappa shape index (κ3) is 6.19. The van der Waals surface area contributed by atoms with Gasteiger partial charge in [-0.15, -0.1) is 0 Å². The molecule has 0 radical (unpaired) electrons. The van der Waals surface area contributed by atoms with Gasteiger partial charge in [-0.2, -0.15) is 0 Å². The van der Waals surface area contributed by atoms with Gasteiger partial charge in [-0.05, 0) is 49.7 Å². The number of amides is 3. The smallest absolute Gasteiger partial charge is 0.261 e. The fraction of sp³-hybridized carbons (Fsp3) is 0.400. The summed E-state index contributed by atoms with van der Waals surface area (Å²) < 4.78 is 32.1. The maximum absolute atomic E-state index is 13.5. The second-order valence-electron chi connectivity index (χ2n) is 8.40. The van der Waals surface area contributed by atoms with Crippen LogP contribution in [0.4, 0.5) is 0 Å². The van der Waals surface area contributed by atoms with E-state index >= 15 is 0 Å². The average Bonchev–Trinajstić information content (AvgIpc) is 2.87. The Labute approximate surface area is 206 Å². The van der Waals surface area contributed by atoms with Gasteiger partial charge in [0.15, 0.2) is 0 Å². The Bertz CT molecular complexity index is 1150. The molecule has 9 nitrogen and oxygen atoms in total. The van der Waals surface area contributed by atoms with Crippen LogP contribution >= 0.6 is 0 Å². The third-order valence-electron chi connectivity index (χ3n) is 5.91. The Morgan fingerprint density at radius 3 is 2.06 bits per heavy atom. The van der Waals surface area contributed by atoms with Gasteiger partial charge in [0, 0.05) is 38.2 Å². The van der Waals surface area contributed by atoms with E-state index in [1.807, 2.05) is 13.8 Å². The first-order chi connectivity index (χ1) is 16.7. The normalized spacial score (nSPS) is 14.8. The highest BCUT2D eigenvalue weighted by Gasteiger charge is 2.39. The standard InChI is InChI=1S/C25H31N3O6S/c1-4-5-22(29)27-14-16-28(17-15-27)25(31)24(35(32,33)21-12-6-18(2)7-13-21)26-23(30)19-8-10-20(34-3)11-9-19/h6-13,24H,4-5,14-17H2,1-3H3,(H,26,30). The van der Waals surface area contributed by atoms with Crippen molar-refractivity contribution in [2.75, 3.05) is 33.3 Å². The summed E-state index contributed by atoms with van der Waals surface area (Å²) in [5.41, 5.74) is 1.06. The van der Waals surface area contributed by atoms with Crippen molar-refractivity contribution in [2.45, 2.75) is 37.0 Å². The zero-order valence-electron chi connectivity index (χ0n) is 20.2. The van der Waals surface area contributed by atoms with E-state index in [0.29, 0.717) is 25.3 Å². The van der Waals surface area contributed by atoms with Gasteiger partial charge in [-0.3, -0.25) is 14.4 Å². The highest BCUT2D eigenvalue weighted by molar-refractivity contribution is 7.92. The SMILES string of the molecule is CCCC(=O)N1CCN(C(=O)C(NC(=O)c2ccc(OC)cc2)S(=O)(=O)c2ccc(C)cc2)CC1. The number of benzene rings is 2. The number of nitrogens with one attached hydrogen (secondary N) is 1. The number of piperazine rings is 1. The van der Waals surface area contributed by atoms with Crippen LogP contribution in [0.15, 0.2) is 53.4 Å². The lowest BCUT2D eigenvalue weighted by atomic mass is 10.2. The van der Waals surface area contributed by atoms with Crippen molar-refractivity contribution >= 4 is 27.6 Å². The van der Waals surface area contributed by atoms with Crippen molar-refractivity contribution in [3.8, 4) is 5.75 Å². The molecule has 1 aliphatic rings. The van der Waals surface area contributed by atoms with Crippen LogP contribution in [0.2, 0.25) is 0 Å². The van der Waals surface area contributed by atoms with E-state index in [2.05, 4.69) is 5.32 Å². The molecule has 0 spiro atoms. The van der Waals surface area contributed by atoms with Gasteiger partial charge in [0.25, 0.3) is 11.8 Å². The molecule has 1 fully saturated rings. The molecule has 1 heterocycles. The Kier molecular flexibility index (Phi) is 8.50. The fourth-order valence-electron chi connectivity index (χ4n) is 3.79. The highest BCUT2D eigenvalue weighted by atomic mass is 32.2. The number of nitrogens with zero attached hydrogens (tertiary/aromatic N) is 2. The predicted octanol–water partition coefficient (Wildman–Crippen LogP) is 2.00. The van der Waals surface area contributed by atoms with Crippen LogP contribution in [-0.2, 0) is 19.4 Å². The largest absolute Gasteiger partial charge is 0.497 e. The summed E-state index contributed by atoms with van der Waals surface area (Å²) in [7, 11) is -2.76. The summed E-state index contributed by atoms with van der Waals surface area (Å²) in [4.78, 5) is 41.6. The summed E-state index contributed by atoms with van der Waals surface area (Å²) >= 11 is 0. The summed E-state index contributed by atoms with van der Waals surface area (Å²) in [6, 6.07) is 12.3. The number of aryl methyl sites for hydroxylation is 1. The zero-order chi connectivity index (χ0) is 25.6. The maximum Gasteiger partial charge on any atom is 0.261 e. The molecule has 0 aromatic heterocycles. The van der Waals surface area contributed by atoms with E-state index in [1.54, 1.807) is 29.2 Å². The van der Waals surface area contributed by atoms with Crippen LogP contribution in [0.1, 0.15) is 35.7 Å². The zero-order valence-corrected chi connectivity index (χ0v) is 21.0. The molecule has 2 aromatic rings. The Hall–Kier alpha value is -3.40. The van der Waals surface area contributed by atoms with Crippen molar-refractivity contribution in [3.63, 3.8) is 0 Å². The number of ether oxygens (including phenoxy) is 1. The number of carbonyl (C=O) groups is 3. The van der Waals surface area contributed by atoms with Crippen LogP contribution in [0.25, 0.3) is 0 Å². The molecule has 188 valence electrons. The topological polar surface area (TPSA) is 113 Å². The molecule has 3 amide bonds. The first-order valence-electron chi connectivity index (χ1n) is 11.5. The second-order valence-corrected chi connectivity index (χ2v) is 10.4. The Morgan fingerprint density at radius 1 is 0.943 bits per heavy atom. The van der Waals surface area contributed by atoms with Gasteiger partial charge in [0.1, 0.15) is 5.75 Å². The van der Waals surface area contributed by atoms with Crippen molar-refractivity contribution in [1.29, 1.82) is 0 Å². The lowest BCUT2D eigenvalue weighted by molar-refractivity contribution is -0.139. The van der Waals surface area contributed by atoms with Gasteiger partial charge in [0.05, 0.1) is 12.0 Å².